The lowest BCUT2D eigenvalue weighted by molar-refractivity contribution is 0.180. The van der Waals surface area contributed by atoms with Crippen molar-refractivity contribution in [3.63, 3.8) is 0 Å². The van der Waals surface area contributed by atoms with E-state index in [2.05, 4.69) is 12.3 Å². The van der Waals surface area contributed by atoms with Crippen LogP contribution in [0.1, 0.15) is 32.6 Å². The third-order valence-corrected chi connectivity index (χ3v) is 1.81. The van der Waals surface area contributed by atoms with Gasteiger partial charge in [0, 0.05) is 19.8 Å². The molecule has 1 atom stereocenters. The van der Waals surface area contributed by atoms with Gasteiger partial charge in [-0.1, -0.05) is 19.8 Å². The first-order valence-corrected chi connectivity index (χ1v) is 4.30. The van der Waals surface area contributed by atoms with E-state index in [0.717, 1.165) is 19.4 Å². The van der Waals surface area contributed by atoms with Gasteiger partial charge in [-0.2, -0.15) is 0 Å². The number of unbranched alkanes of at least 4 members (excludes halogenated alkanes) is 1. The summed E-state index contributed by atoms with van der Waals surface area (Å²) < 4.78 is 4.96. The van der Waals surface area contributed by atoms with Crippen molar-refractivity contribution in [2.75, 3.05) is 13.7 Å². The van der Waals surface area contributed by atoms with Crippen LogP contribution in [-0.2, 0) is 4.74 Å². The van der Waals surface area contributed by atoms with Crippen LogP contribution in [0, 0.1) is 0 Å². The van der Waals surface area contributed by atoms with Gasteiger partial charge in [0.05, 0.1) is 0 Å². The molecule has 0 bridgehead atoms. The van der Waals surface area contributed by atoms with Gasteiger partial charge in [-0.3, -0.25) is 11.3 Å². The van der Waals surface area contributed by atoms with Gasteiger partial charge in [0.1, 0.15) is 0 Å². The van der Waals surface area contributed by atoms with Crippen LogP contribution < -0.4 is 11.3 Å². The number of ether oxygens (including phenoxy) is 1. The quantitative estimate of drug-likeness (QED) is 0.432. The molecule has 3 nitrogen and oxygen atoms in total. The molecule has 0 fully saturated rings. The van der Waals surface area contributed by atoms with Gasteiger partial charge in [0.25, 0.3) is 0 Å². The lowest BCUT2D eigenvalue weighted by atomic mass is 10.1. The summed E-state index contributed by atoms with van der Waals surface area (Å²) in [7, 11) is 1.72. The van der Waals surface area contributed by atoms with Crippen molar-refractivity contribution in [3.05, 3.63) is 0 Å². The fourth-order valence-corrected chi connectivity index (χ4v) is 1.02. The van der Waals surface area contributed by atoms with Crippen molar-refractivity contribution in [2.24, 2.45) is 5.84 Å². The van der Waals surface area contributed by atoms with E-state index in [0.29, 0.717) is 6.04 Å². The zero-order valence-corrected chi connectivity index (χ0v) is 7.60. The monoisotopic (exact) mass is 160 g/mol. The Labute approximate surface area is 69.3 Å². The molecule has 3 heteroatoms. The Kier molecular flexibility index (Phi) is 7.89. The molecule has 0 spiro atoms. The SMILES string of the molecule is CCCCC(CCOC)NN. The van der Waals surface area contributed by atoms with E-state index in [-0.39, 0.29) is 0 Å². The minimum Gasteiger partial charge on any atom is -0.385 e. The number of hydrazine groups is 1. The van der Waals surface area contributed by atoms with Crippen molar-refractivity contribution >= 4 is 0 Å². The van der Waals surface area contributed by atoms with Gasteiger partial charge in [-0.05, 0) is 12.8 Å². The zero-order chi connectivity index (χ0) is 8.53. The summed E-state index contributed by atoms with van der Waals surface area (Å²) in [6.07, 6.45) is 4.62. The molecule has 0 aliphatic heterocycles. The highest BCUT2D eigenvalue weighted by Gasteiger charge is 2.03. The summed E-state index contributed by atoms with van der Waals surface area (Å²) in [4.78, 5) is 0. The second kappa shape index (κ2) is 7.98. The third kappa shape index (κ3) is 6.28. The van der Waals surface area contributed by atoms with E-state index >= 15 is 0 Å². The zero-order valence-electron chi connectivity index (χ0n) is 7.60. The number of hydrogen-bond acceptors (Lipinski definition) is 3. The summed E-state index contributed by atoms with van der Waals surface area (Å²) in [5, 5.41) is 0. The van der Waals surface area contributed by atoms with Gasteiger partial charge in [-0.15, -0.1) is 0 Å². The van der Waals surface area contributed by atoms with Gasteiger partial charge in [0.2, 0.25) is 0 Å². The molecule has 1 unspecified atom stereocenters. The molecule has 0 aromatic heterocycles. The van der Waals surface area contributed by atoms with Crippen molar-refractivity contribution in [3.8, 4) is 0 Å². The highest BCUT2D eigenvalue weighted by molar-refractivity contribution is 4.62. The van der Waals surface area contributed by atoms with E-state index in [1.165, 1.54) is 12.8 Å². The molecule has 0 heterocycles. The first-order chi connectivity index (χ1) is 5.35. The summed E-state index contributed by atoms with van der Waals surface area (Å²) >= 11 is 0. The number of nitrogens with one attached hydrogen (secondary N) is 1. The van der Waals surface area contributed by atoms with E-state index in [1.54, 1.807) is 7.11 Å². The molecule has 0 aromatic carbocycles. The highest BCUT2D eigenvalue weighted by Crippen LogP contribution is 2.02. The molecule has 68 valence electrons. The topological polar surface area (TPSA) is 47.3 Å². The van der Waals surface area contributed by atoms with Crippen LogP contribution in [0.2, 0.25) is 0 Å². The minimum atomic E-state index is 0.426. The second-order valence-corrected chi connectivity index (χ2v) is 2.79. The molecule has 0 radical (unpaired) electrons. The molecule has 0 saturated heterocycles. The molecule has 0 rings (SSSR count). The first kappa shape index (κ1) is 10.9. The van der Waals surface area contributed by atoms with Crippen LogP contribution in [0.25, 0.3) is 0 Å². The lowest BCUT2D eigenvalue weighted by Gasteiger charge is -2.14. The third-order valence-electron chi connectivity index (χ3n) is 1.81. The first-order valence-electron chi connectivity index (χ1n) is 4.30. The molecule has 0 aromatic rings. The van der Waals surface area contributed by atoms with Crippen LogP contribution in [-0.4, -0.2) is 19.8 Å². The van der Waals surface area contributed by atoms with Crippen LogP contribution in [0.5, 0.6) is 0 Å². The fourth-order valence-electron chi connectivity index (χ4n) is 1.02. The Bertz CT molecular complexity index is 70.5. The molecule has 0 amide bonds. The van der Waals surface area contributed by atoms with Crippen molar-refractivity contribution in [1.82, 2.24) is 5.43 Å². The Morgan fingerprint density at radius 3 is 2.64 bits per heavy atom. The van der Waals surface area contributed by atoms with E-state index in [9.17, 15) is 0 Å². The van der Waals surface area contributed by atoms with Crippen molar-refractivity contribution in [2.45, 2.75) is 38.6 Å². The average Bonchev–Trinajstić information content (AvgIpc) is 2.05. The number of nitrogens with two attached hydrogens (primary N) is 1. The summed E-state index contributed by atoms with van der Waals surface area (Å²) in [6, 6.07) is 0.426. The standard InChI is InChI=1S/C8H20N2O/c1-3-4-5-8(10-9)6-7-11-2/h8,10H,3-7,9H2,1-2H3. The summed E-state index contributed by atoms with van der Waals surface area (Å²) in [5.41, 5.74) is 2.79. The number of hydrogen-bond donors (Lipinski definition) is 2. The molecular formula is C8H20N2O. The van der Waals surface area contributed by atoms with E-state index < -0.39 is 0 Å². The maximum atomic E-state index is 5.35. The molecule has 11 heavy (non-hydrogen) atoms. The Hall–Kier alpha value is -0.120. The van der Waals surface area contributed by atoms with Crippen LogP contribution in [0.15, 0.2) is 0 Å². The predicted molar refractivity (Wildman–Crippen MR) is 47.1 cm³/mol. The Morgan fingerprint density at radius 2 is 2.18 bits per heavy atom. The van der Waals surface area contributed by atoms with Gasteiger partial charge >= 0.3 is 0 Å². The van der Waals surface area contributed by atoms with Gasteiger partial charge in [-0.25, -0.2) is 0 Å². The normalized spacial score (nSPS) is 13.4. The number of methoxy groups -OCH3 is 1. The van der Waals surface area contributed by atoms with Gasteiger partial charge in [0.15, 0.2) is 0 Å². The van der Waals surface area contributed by atoms with E-state index in [4.69, 9.17) is 10.6 Å². The molecule has 3 N–H and O–H groups in total. The van der Waals surface area contributed by atoms with Crippen LogP contribution in [0.3, 0.4) is 0 Å². The summed E-state index contributed by atoms with van der Waals surface area (Å²) in [6.45, 7) is 2.97. The second-order valence-electron chi connectivity index (χ2n) is 2.79. The predicted octanol–water partition coefficient (Wildman–Crippen LogP) is 1.04. The summed E-state index contributed by atoms with van der Waals surface area (Å²) in [5.74, 6) is 5.35. The molecule has 0 saturated carbocycles. The van der Waals surface area contributed by atoms with Gasteiger partial charge < -0.3 is 4.74 Å². The molecular weight excluding hydrogens is 140 g/mol. The van der Waals surface area contributed by atoms with Crippen molar-refractivity contribution in [1.29, 1.82) is 0 Å². The number of rotatable bonds is 7. The minimum absolute atomic E-state index is 0.426. The van der Waals surface area contributed by atoms with E-state index in [1.807, 2.05) is 0 Å². The molecule has 0 aliphatic rings. The smallest absolute Gasteiger partial charge is 0.0477 e. The Balaban J connectivity index is 3.25. The average molecular weight is 160 g/mol. The largest absolute Gasteiger partial charge is 0.385 e. The Morgan fingerprint density at radius 1 is 1.45 bits per heavy atom. The van der Waals surface area contributed by atoms with Crippen LogP contribution in [0.4, 0.5) is 0 Å². The molecule has 0 aliphatic carbocycles. The fraction of sp³-hybridized carbons (Fsp3) is 1.00. The van der Waals surface area contributed by atoms with Crippen molar-refractivity contribution < 1.29 is 4.74 Å². The maximum Gasteiger partial charge on any atom is 0.0477 e. The lowest BCUT2D eigenvalue weighted by Crippen LogP contribution is -2.35. The maximum absolute atomic E-state index is 5.35. The van der Waals surface area contributed by atoms with Crippen LogP contribution >= 0.6 is 0 Å². The highest BCUT2D eigenvalue weighted by atomic mass is 16.5.